The first-order valence-corrected chi connectivity index (χ1v) is 8.27. The van der Waals surface area contributed by atoms with Gasteiger partial charge in [0.2, 0.25) is 5.88 Å². The number of amides is 2. The zero-order valence-electron chi connectivity index (χ0n) is 14.1. The van der Waals surface area contributed by atoms with Crippen molar-refractivity contribution in [3.63, 3.8) is 0 Å². The van der Waals surface area contributed by atoms with Crippen molar-refractivity contribution >= 4 is 11.8 Å². The molecule has 1 aliphatic rings. The zero-order chi connectivity index (χ0) is 16.9. The third-order valence-corrected chi connectivity index (χ3v) is 4.08. The van der Waals surface area contributed by atoms with Crippen LogP contribution in [0.2, 0.25) is 0 Å². The number of aryl methyl sites for hydroxylation is 2. The van der Waals surface area contributed by atoms with Crippen LogP contribution in [0, 0.1) is 6.92 Å². The van der Waals surface area contributed by atoms with Gasteiger partial charge in [0.25, 0.3) is 0 Å². The van der Waals surface area contributed by atoms with Gasteiger partial charge >= 0.3 is 6.03 Å². The number of anilines is 1. The minimum absolute atomic E-state index is 0.274. The number of ether oxygens (including phenoxy) is 1. The maximum Gasteiger partial charge on any atom is 0.320 e. The van der Waals surface area contributed by atoms with Gasteiger partial charge in [-0.3, -0.25) is 10.00 Å². The molecular weight excluding hydrogens is 306 g/mol. The Balaban J connectivity index is 1.47. The standard InChI is InChI=1S/C17H23N5O2/c1-12-9-15(22(2)21-12)20-17(23)19-11-13-7-8-16(18-10-13)24-14-5-3-4-6-14/h7-10,14H,3-6,11H2,1-2H3,(H2,19,20,23). The molecule has 2 aromatic rings. The van der Waals surface area contributed by atoms with E-state index < -0.39 is 0 Å². The van der Waals surface area contributed by atoms with Crippen molar-refractivity contribution in [3.8, 4) is 5.88 Å². The van der Waals surface area contributed by atoms with E-state index >= 15 is 0 Å². The number of rotatable bonds is 5. The Morgan fingerprint density at radius 1 is 1.38 bits per heavy atom. The van der Waals surface area contributed by atoms with E-state index in [4.69, 9.17) is 4.74 Å². The van der Waals surface area contributed by atoms with Crippen molar-refractivity contribution in [1.29, 1.82) is 0 Å². The second kappa shape index (κ2) is 7.33. The quantitative estimate of drug-likeness (QED) is 0.884. The molecule has 0 aromatic carbocycles. The summed E-state index contributed by atoms with van der Waals surface area (Å²) in [6.07, 6.45) is 6.72. The highest BCUT2D eigenvalue weighted by atomic mass is 16.5. The Morgan fingerprint density at radius 3 is 2.79 bits per heavy atom. The van der Waals surface area contributed by atoms with Crippen LogP contribution >= 0.6 is 0 Å². The molecule has 128 valence electrons. The number of urea groups is 1. The van der Waals surface area contributed by atoms with Crippen molar-refractivity contribution < 1.29 is 9.53 Å². The topological polar surface area (TPSA) is 81.1 Å². The summed E-state index contributed by atoms with van der Waals surface area (Å²) >= 11 is 0. The predicted molar refractivity (Wildman–Crippen MR) is 90.9 cm³/mol. The molecule has 0 radical (unpaired) electrons. The van der Waals surface area contributed by atoms with Crippen LogP contribution in [-0.2, 0) is 13.6 Å². The highest BCUT2D eigenvalue weighted by molar-refractivity contribution is 5.88. The van der Waals surface area contributed by atoms with Gasteiger partial charge in [0, 0.05) is 31.9 Å². The van der Waals surface area contributed by atoms with Crippen LogP contribution in [0.4, 0.5) is 10.6 Å². The average Bonchev–Trinajstić information content (AvgIpc) is 3.17. The van der Waals surface area contributed by atoms with Crippen LogP contribution in [0.25, 0.3) is 0 Å². The Kier molecular flexibility index (Phi) is 4.98. The van der Waals surface area contributed by atoms with E-state index in [1.807, 2.05) is 25.1 Å². The van der Waals surface area contributed by atoms with E-state index in [1.54, 1.807) is 17.9 Å². The lowest BCUT2D eigenvalue weighted by molar-refractivity contribution is 0.201. The Bertz CT molecular complexity index is 690. The summed E-state index contributed by atoms with van der Waals surface area (Å²) in [4.78, 5) is 16.2. The summed E-state index contributed by atoms with van der Waals surface area (Å²) in [6.45, 7) is 2.28. The third kappa shape index (κ3) is 4.24. The fourth-order valence-corrected chi connectivity index (χ4v) is 2.83. The van der Waals surface area contributed by atoms with Crippen molar-refractivity contribution in [2.75, 3.05) is 5.32 Å². The first kappa shape index (κ1) is 16.3. The molecule has 3 rings (SSSR count). The van der Waals surface area contributed by atoms with Gasteiger partial charge in [-0.15, -0.1) is 0 Å². The fraction of sp³-hybridized carbons (Fsp3) is 0.471. The van der Waals surface area contributed by atoms with Crippen LogP contribution in [0.15, 0.2) is 24.4 Å². The normalized spacial score (nSPS) is 14.6. The van der Waals surface area contributed by atoms with Gasteiger partial charge in [-0.2, -0.15) is 5.10 Å². The van der Waals surface area contributed by atoms with Crippen LogP contribution in [-0.4, -0.2) is 26.9 Å². The number of carbonyl (C=O) groups excluding carboxylic acids is 1. The molecule has 0 unspecified atom stereocenters. The Hall–Kier alpha value is -2.57. The van der Waals surface area contributed by atoms with Crippen molar-refractivity contribution in [3.05, 3.63) is 35.7 Å². The van der Waals surface area contributed by atoms with Gasteiger partial charge in [0.15, 0.2) is 0 Å². The Labute approximate surface area is 141 Å². The van der Waals surface area contributed by atoms with E-state index in [2.05, 4.69) is 20.7 Å². The van der Waals surface area contributed by atoms with Crippen LogP contribution in [0.1, 0.15) is 36.9 Å². The van der Waals surface area contributed by atoms with Gasteiger partial charge in [-0.1, -0.05) is 6.07 Å². The summed E-state index contributed by atoms with van der Waals surface area (Å²) in [5.41, 5.74) is 1.78. The van der Waals surface area contributed by atoms with Gasteiger partial charge in [-0.05, 0) is 38.2 Å². The maximum absolute atomic E-state index is 11.9. The molecule has 0 saturated heterocycles. The minimum Gasteiger partial charge on any atom is -0.474 e. The lowest BCUT2D eigenvalue weighted by atomic mass is 10.3. The number of nitrogens with zero attached hydrogens (tertiary/aromatic N) is 3. The van der Waals surface area contributed by atoms with Gasteiger partial charge in [0.05, 0.1) is 5.69 Å². The van der Waals surface area contributed by atoms with Gasteiger partial charge < -0.3 is 10.1 Å². The molecule has 0 bridgehead atoms. The molecule has 2 amide bonds. The molecule has 1 fully saturated rings. The second-order valence-electron chi connectivity index (χ2n) is 6.13. The van der Waals surface area contributed by atoms with E-state index in [-0.39, 0.29) is 6.03 Å². The number of carbonyl (C=O) groups is 1. The fourth-order valence-electron chi connectivity index (χ4n) is 2.83. The summed E-state index contributed by atoms with van der Waals surface area (Å²) in [7, 11) is 1.79. The summed E-state index contributed by atoms with van der Waals surface area (Å²) < 4.78 is 7.46. The molecule has 0 aliphatic heterocycles. The lowest BCUT2D eigenvalue weighted by Gasteiger charge is -2.12. The molecule has 1 saturated carbocycles. The smallest absolute Gasteiger partial charge is 0.320 e. The molecular formula is C17H23N5O2. The molecule has 2 N–H and O–H groups in total. The molecule has 7 nitrogen and oxygen atoms in total. The Morgan fingerprint density at radius 2 is 2.17 bits per heavy atom. The molecule has 7 heteroatoms. The van der Waals surface area contributed by atoms with Crippen molar-refractivity contribution in [1.82, 2.24) is 20.1 Å². The molecule has 2 aromatic heterocycles. The third-order valence-electron chi connectivity index (χ3n) is 4.08. The van der Waals surface area contributed by atoms with Crippen molar-refractivity contribution in [2.45, 2.75) is 45.3 Å². The van der Waals surface area contributed by atoms with E-state index in [0.717, 1.165) is 24.1 Å². The monoisotopic (exact) mass is 329 g/mol. The molecule has 1 aliphatic carbocycles. The lowest BCUT2D eigenvalue weighted by Crippen LogP contribution is -2.29. The zero-order valence-corrected chi connectivity index (χ0v) is 14.1. The van der Waals surface area contributed by atoms with E-state index in [1.165, 1.54) is 12.8 Å². The molecule has 2 heterocycles. The SMILES string of the molecule is Cc1cc(NC(=O)NCc2ccc(OC3CCCC3)nc2)n(C)n1. The van der Waals surface area contributed by atoms with Crippen molar-refractivity contribution in [2.24, 2.45) is 7.05 Å². The number of hydrogen-bond donors (Lipinski definition) is 2. The maximum atomic E-state index is 11.9. The van der Waals surface area contributed by atoms with Crippen LogP contribution < -0.4 is 15.4 Å². The highest BCUT2D eigenvalue weighted by Crippen LogP contribution is 2.22. The predicted octanol–water partition coefficient (Wildman–Crippen LogP) is 2.77. The first-order chi connectivity index (χ1) is 11.6. The molecule has 24 heavy (non-hydrogen) atoms. The van der Waals surface area contributed by atoms with E-state index in [0.29, 0.717) is 24.3 Å². The highest BCUT2D eigenvalue weighted by Gasteiger charge is 2.16. The largest absolute Gasteiger partial charge is 0.474 e. The van der Waals surface area contributed by atoms with E-state index in [9.17, 15) is 4.79 Å². The van der Waals surface area contributed by atoms with Gasteiger partial charge in [-0.25, -0.2) is 9.78 Å². The van der Waals surface area contributed by atoms with Crippen LogP contribution in [0.5, 0.6) is 5.88 Å². The second-order valence-corrected chi connectivity index (χ2v) is 6.13. The molecule has 0 atom stereocenters. The number of pyridine rings is 1. The number of aromatic nitrogens is 3. The summed E-state index contributed by atoms with van der Waals surface area (Å²) in [5, 5.41) is 9.76. The average molecular weight is 329 g/mol. The number of nitrogens with one attached hydrogen (secondary N) is 2. The minimum atomic E-state index is -0.274. The van der Waals surface area contributed by atoms with Gasteiger partial charge in [0.1, 0.15) is 11.9 Å². The number of hydrogen-bond acceptors (Lipinski definition) is 4. The summed E-state index contributed by atoms with van der Waals surface area (Å²) in [6, 6.07) is 5.32. The van der Waals surface area contributed by atoms with Crippen LogP contribution in [0.3, 0.4) is 0 Å². The first-order valence-electron chi connectivity index (χ1n) is 8.27. The molecule has 0 spiro atoms. The summed E-state index contributed by atoms with van der Waals surface area (Å²) in [5.74, 6) is 1.31.